The zero-order chi connectivity index (χ0) is 14.7. The maximum Gasteiger partial charge on any atom is 0.231 e. The van der Waals surface area contributed by atoms with Crippen molar-refractivity contribution in [3.05, 3.63) is 36.2 Å². The zero-order valence-electron chi connectivity index (χ0n) is 11.4. The fourth-order valence-electron chi connectivity index (χ4n) is 2.34. The predicted octanol–water partition coefficient (Wildman–Crippen LogP) is 1.11. The molecule has 21 heavy (non-hydrogen) atoms. The van der Waals surface area contributed by atoms with E-state index in [-0.39, 0.29) is 18.2 Å². The normalized spacial score (nSPS) is 14.5. The summed E-state index contributed by atoms with van der Waals surface area (Å²) in [5.41, 5.74) is 1.76. The fourth-order valence-corrected chi connectivity index (χ4v) is 2.34. The highest BCUT2D eigenvalue weighted by atomic mass is 16.2. The van der Waals surface area contributed by atoms with Crippen LogP contribution < -0.4 is 10.2 Å². The van der Waals surface area contributed by atoms with Gasteiger partial charge in [0.15, 0.2) is 0 Å². The summed E-state index contributed by atoms with van der Waals surface area (Å²) < 4.78 is 0. The summed E-state index contributed by atoms with van der Waals surface area (Å²) in [6.45, 7) is 0.768. The van der Waals surface area contributed by atoms with Gasteiger partial charge in [0.2, 0.25) is 17.8 Å². The zero-order valence-corrected chi connectivity index (χ0v) is 11.4. The quantitative estimate of drug-likeness (QED) is 0.880. The fraction of sp³-hybridized carbons (Fsp3) is 0.286. The maximum absolute atomic E-state index is 11.8. The molecule has 7 nitrogen and oxygen atoms in total. The van der Waals surface area contributed by atoms with Gasteiger partial charge in [0.05, 0.1) is 6.42 Å². The molecule has 1 aromatic heterocycles. The third-order valence-corrected chi connectivity index (χ3v) is 3.36. The summed E-state index contributed by atoms with van der Waals surface area (Å²) in [4.78, 5) is 29.1. The van der Waals surface area contributed by atoms with Crippen molar-refractivity contribution in [2.45, 2.75) is 19.3 Å². The van der Waals surface area contributed by atoms with E-state index >= 15 is 0 Å². The number of hydrogen-bond acceptors (Lipinski definition) is 4. The Morgan fingerprint density at radius 3 is 2.76 bits per heavy atom. The summed E-state index contributed by atoms with van der Waals surface area (Å²) in [7, 11) is 0. The minimum Gasteiger partial charge on any atom is -0.312 e. The number of H-pyrrole nitrogens is 1. The van der Waals surface area contributed by atoms with Gasteiger partial charge in [-0.2, -0.15) is 10.1 Å². The molecule has 108 valence electrons. The molecule has 1 fully saturated rings. The molecule has 3 rings (SSSR count). The molecule has 0 aliphatic carbocycles. The van der Waals surface area contributed by atoms with Gasteiger partial charge in [-0.25, -0.2) is 5.10 Å². The van der Waals surface area contributed by atoms with Gasteiger partial charge >= 0.3 is 0 Å². The van der Waals surface area contributed by atoms with Gasteiger partial charge < -0.3 is 4.90 Å². The Labute approximate surface area is 121 Å². The van der Waals surface area contributed by atoms with Crippen LogP contribution in [0, 0.1) is 0 Å². The predicted molar refractivity (Wildman–Crippen MR) is 76.7 cm³/mol. The van der Waals surface area contributed by atoms with Crippen molar-refractivity contribution in [3.63, 3.8) is 0 Å². The Balaban J connectivity index is 1.61. The van der Waals surface area contributed by atoms with E-state index in [1.54, 1.807) is 4.90 Å². The van der Waals surface area contributed by atoms with E-state index in [4.69, 9.17) is 0 Å². The minimum atomic E-state index is -0.170. The van der Waals surface area contributed by atoms with E-state index in [0.717, 1.165) is 24.2 Å². The van der Waals surface area contributed by atoms with Gasteiger partial charge in [0, 0.05) is 18.7 Å². The highest BCUT2D eigenvalue weighted by Crippen LogP contribution is 2.21. The van der Waals surface area contributed by atoms with Crippen molar-refractivity contribution in [1.82, 2.24) is 15.2 Å². The van der Waals surface area contributed by atoms with E-state index in [1.807, 2.05) is 24.3 Å². The Hall–Kier alpha value is -2.70. The highest BCUT2D eigenvalue weighted by Gasteiger charge is 2.21. The highest BCUT2D eigenvalue weighted by molar-refractivity contribution is 5.95. The van der Waals surface area contributed by atoms with Crippen LogP contribution in [0.3, 0.4) is 0 Å². The van der Waals surface area contributed by atoms with Gasteiger partial charge in [-0.05, 0) is 24.1 Å². The average Bonchev–Trinajstić information content (AvgIpc) is 3.11. The Kier molecular flexibility index (Phi) is 3.63. The maximum atomic E-state index is 11.8. The van der Waals surface area contributed by atoms with Crippen LogP contribution in [0.25, 0.3) is 0 Å². The third kappa shape index (κ3) is 3.07. The summed E-state index contributed by atoms with van der Waals surface area (Å²) in [6.07, 6.45) is 3.09. The van der Waals surface area contributed by atoms with Crippen molar-refractivity contribution >= 4 is 23.5 Å². The topological polar surface area (TPSA) is 91.0 Å². The van der Waals surface area contributed by atoms with E-state index in [1.165, 1.54) is 6.33 Å². The second kappa shape index (κ2) is 5.74. The third-order valence-electron chi connectivity index (χ3n) is 3.36. The smallest absolute Gasteiger partial charge is 0.231 e. The van der Waals surface area contributed by atoms with Crippen LogP contribution in [0.4, 0.5) is 11.6 Å². The lowest BCUT2D eigenvalue weighted by Gasteiger charge is -2.15. The average molecular weight is 285 g/mol. The molecule has 2 aromatic rings. The van der Waals surface area contributed by atoms with Gasteiger partial charge in [0.25, 0.3) is 0 Å². The number of anilines is 2. The van der Waals surface area contributed by atoms with E-state index in [0.29, 0.717) is 12.4 Å². The SMILES string of the molecule is O=C(Cc1ccc(N2CCCC2=O)cc1)Nc1ncn[nH]1. The van der Waals surface area contributed by atoms with Crippen molar-refractivity contribution in [3.8, 4) is 0 Å². The number of carbonyl (C=O) groups is 2. The van der Waals surface area contributed by atoms with Crippen LogP contribution in [0.1, 0.15) is 18.4 Å². The number of hydrogen-bond donors (Lipinski definition) is 2. The van der Waals surface area contributed by atoms with Gasteiger partial charge in [-0.1, -0.05) is 12.1 Å². The summed E-state index contributed by atoms with van der Waals surface area (Å²) in [5, 5.41) is 8.84. The van der Waals surface area contributed by atoms with E-state index in [2.05, 4.69) is 20.5 Å². The molecule has 1 aliphatic rings. The molecule has 1 aromatic carbocycles. The van der Waals surface area contributed by atoms with Crippen molar-refractivity contribution in [1.29, 1.82) is 0 Å². The van der Waals surface area contributed by atoms with Crippen LogP contribution in [0.15, 0.2) is 30.6 Å². The Morgan fingerprint density at radius 2 is 2.14 bits per heavy atom. The molecule has 2 heterocycles. The Bertz CT molecular complexity index is 636. The monoisotopic (exact) mass is 285 g/mol. The summed E-state index contributed by atoms with van der Waals surface area (Å²) in [5.74, 6) is 0.321. The van der Waals surface area contributed by atoms with Gasteiger partial charge in [-0.3, -0.25) is 14.9 Å². The first-order valence-corrected chi connectivity index (χ1v) is 6.77. The second-order valence-electron chi connectivity index (χ2n) is 4.87. The summed E-state index contributed by atoms with van der Waals surface area (Å²) >= 11 is 0. The van der Waals surface area contributed by atoms with Crippen LogP contribution in [-0.2, 0) is 16.0 Å². The lowest BCUT2D eigenvalue weighted by atomic mass is 10.1. The molecule has 2 N–H and O–H groups in total. The molecular formula is C14H15N5O2. The Morgan fingerprint density at radius 1 is 1.33 bits per heavy atom. The number of benzene rings is 1. The van der Waals surface area contributed by atoms with E-state index in [9.17, 15) is 9.59 Å². The molecule has 0 spiro atoms. The van der Waals surface area contributed by atoms with Crippen LogP contribution in [-0.4, -0.2) is 33.5 Å². The second-order valence-corrected chi connectivity index (χ2v) is 4.87. The summed E-state index contributed by atoms with van der Waals surface area (Å²) in [6, 6.07) is 7.47. The van der Waals surface area contributed by atoms with Crippen molar-refractivity contribution in [2.75, 3.05) is 16.8 Å². The molecule has 1 aliphatic heterocycles. The first-order valence-electron chi connectivity index (χ1n) is 6.77. The first-order chi connectivity index (χ1) is 10.2. The molecule has 1 saturated heterocycles. The van der Waals surface area contributed by atoms with Crippen LogP contribution in [0.5, 0.6) is 0 Å². The van der Waals surface area contributed by atoms with Crippen LogP contribution in [0.2, 0.25) is 0 Å². The molecule has 7 heteroatoms. The molecule has 0 radical (unpaired) electrons. The number of nitrogens with zero attached hydrogens (tertiary/aromatic N) is 3. The molecule has 0 unspecified atom stereocenters. The van der Waals surface area contributed by atoms with Gasteiger partial charge in [0.1, 0.15) is 6.33 Å². The van der Waals surface area contributed by atoms with Gasteiger partial charge in [-0.15, -0.1) is 0 Å². The molecule has 0 bridgehead atoms. The molecular weight excluding hydrogens is 270 g/mol. The molecule has 2 amide bonds. The van der Waals surface area contributed by atoms with E-state index < -0.39 is 0 Å². The van der Waals surface area contributed by atoms with Crippen LogP contribution >= 0.6 is 0 Å². The lowest BCUT2D eigenvalue weighted by molar-refractivity contribution is -0.117. The minimum absolute atomic E-state index is 0.158. The largest absolute Gasteiger partial charge is 0.312 e. The number of amides is 2. The standard InChI is InChI=1S/C14H15N5O2/c20-12(17-14-15-9-16-18-14)8-10-3-5-11(6-4-10)19-7-1-2-13(19)21/h3-6,9H,1-2,7-8H2,(H2,15,16,17,18,20). The molecule has 0 saturated carbocycles. The first kappa shape index (κ1) is 13.3. The number of carbonyl (C=O) groups excluding carboxylic acids is 2. The number of aromatic nitrogens is 3. The number of nitrogens with one attached hydrogen (secondary N) is 2. The number of rotatable bonds is 4. The van der Waals surface area contributed by atoms with Crippen molar-refractivity contribution < 1.29 is 9.59 Å². The number of aromatic amines is 1. The van der Waals surface area contributed by atoms with Crippen molar-refractivity contribution in [2.24, 2.45) is 0 Å². The molecule has 0 atom stereocenters. The lowest BCUT2D eigenvalue weighted by Crippen LogP contribution is -2.23.